The number of rotatable bonds is 15. The van der Waals surface area contributed by atoms with Gasteiger partial charge in [0.2, 0.25) is 5.88 Å². The number of aryl methyl sites for hydroxylation is 1. The quantitative estimate of drug-likeness (QED) is 0.100. The monoisotopic (exact) mass is 744 g/mol. The summed E-state index contributed by atoms with van der Waals surface area (Å²) < 4.78 is 68.0. The number of halogens is 4. The molecule has 14 heteroatoms. The van der Waals surface area contributed by atoms with Crippen molar-refractivity contribution in [2.75, 3.05) is 74.9 Å². The van der Waals surface area contributed by atoms with Gasteiger partial charge >= 0.3 is 6.18 Å². The van der Waals surface area contributed by atoms with Crippen molar-refractivity contribution in [2.24, 2.45) is 0 Å². The molecule has 2 aromatic carbocycles. The predicted octanol–water partition coefficient (Wildman–Crippen LogP) is 7.16. The van der Waals surface area contributed by atoms with Crippen molar-refractivity contribution in [2.45, 2.75) is 13.1 Å². The molecule has 5 rings (SSSR count). The summed E-state index contributed by atoms with van der Waals surface area (Å²) in [5.41, 5.74) is 2.12. The zero-order valence-corrected chi connectivity index (χ0v) is 28.4. The zero-order chi connectivity index (χ0) is 34.6. The Morgan fingerprint density at radius 3 is 2.37 bits per heavy atom. The zero-order valence-electron chi connectivity index (χ0n) is 26.8. The fourth-order valence-electron chi connectivity index (χ4n) is 4.94. The lowest BCUT2D eigenvalue weighted by Gasteiger charge is -2.30. The molecule has 260 valence electrons. The fraction of sp³-hybridized carbons (Fsp3) is 0.343. The van der Waals surface area contributed by atoms with Crippen molar-refractivity contribution < 1.29 is 41.7 Å². The number of carbonyl (C=O) groups excluding carboxylic acids is 1. The summed E-state index contributed by atoms with van der Waals surface area (Å²) in [6.45, 7) is 6.68. The average molecular weight is 746 g/mol. The van der Waals surface area contributed by atoms with E-state index in [9.17, 15) is 18.0 Å². The van der Waals surface area contributed by atoms with Crippen molar-refractivity contribution >= 4 is 33.2 Å². The van der Waals surface area contributed by atoms with Gasteiger partial charge in [-0.25, -0.2) is 4.98 Å². The first-order chi connectivity index (χ1) is 23.7. The highest BCUT2D eigenvalue weighted by Crippen LogP contribution is 2.36. The smallest absolute Gasteiger partial charge is 0.416 e. The topological polar surface area (TPSA) is 104 Å². The Labute approximate surface area is 290 Å². The molecular weight excluding hydrogens is 709 g/mol. The summed E-state index contributed by atoms with van der Waals surface area (Å²) in [7, 11) is 0. The molecule has 1 aliphatic heterocycles. The van der Waals surface area contributed by atoms with E-state index in [0.717, 1.165) is 28.7 Å². The first-order valence-electron chi connectivity index (χ1n) is 15.6. The lowest BCUT2D eigenvalue weighted by molar-refractivity contribution is -0.137. The van der Waals surface area contributed by atoms with E-state index in [1.807, 2.05) is 25.1 Å². The van der Waals surface area contributed by atoms with Crippen molar-refractivity contribution in [3.8, 4) is 28.5 Å². The summed E-state index contributed by atoms with van der Waals surface area (Å²) in [6.07, 6.45) is -1.45. The first-order valence-corrected chi connectivity index (χ1v) is 16.7. The maximum absolute atomic E-state index is 13.2. The number of nitrogens with zero attached hydrogens (tertiary/aromatic N) is 3. The number of carbonyl (C=O) groups is 1. The molecule has 1 aliphatic rings. The lowest BCUT2D eigenvalue weighted by atomic mass is 10.0. The molecule has 0 atom stereocenters. The third-order valence-corrected chi connectivity index (χ3v) is 7.74. The van der Waals surface area contributed by atoms with Crippen LogP contribution in [0.4, 0.5) is 24.5 Å². The van der Waals surface area contributed by atoms with Gasteiger partial charge in [-0.2, -0.15) is 13.2 Å². The number of morpholine rings is 1. The largest absolute Gasteiger partial charge is 0.491 e. The van der Waals surface area contributed by atoms with Crippen molar-refractivity contribution in [3.63, 3.8) is 0 Å². The number of aromatic nitrogens is 2. The third-order valence-electron chi connectivity index (χ3n) is 7.42. The van der Waals surface area contributed by atoms with E-state index in [0.29, 0.717) is 93.7 Å². The highest BCUT2D eigenvalue weighted by Gasteiger charge is 2.31. The molecule has 0 bridgehead atoms. The Morgan fingerprint density at radius 2 is 1.63 bits per heavy atom. The van der Waals surface area contributed by atoms with Gasteiger partial charge in [-0.3, -0.25) is 9.78 Å². The Morgan fingerprint density at radius 1 is 0.918 bits per heavy atom. The van der Waals surface area contributed by atoms with Crippen LogP contribution in [0.15, 0.2) is 73.1 Å². The number of alkyl halides is 4. The molecule has 0 saturated carbocycles. The van der Waals surface area contributed by atoms with E-state index in [4.69, 9.17) is 23.7 Å². The van der Waals surface area contributed by atoms with Crippen LogP contribution in [0.3, 0.4) is 0 Å². The fourth-order valence-corrected chi connectivity index (χ4v) is 5.17. The molecule has 0 spiro atoms. The third kappa shape index (κ3) is 10.4. The summed E-state index contributed by atoms with van der Waals surface area (Å²) in [5.74, 6) is 0.954. The molecule has 10 nitrogen and oxygen atoms in total. The molecule has 1 amide bonds. The van der Waals surface area contributed by atoms with Gasteiger partial charge in [-0.15, -0.1) is 0 Å². The Kier molecular flexibility index (Phi) is 12.8. The van der Waals surface area contributed by atoms with Gasteiger partial charge in [0.15, 0.2) is 0 Å². The van der Waals surface area contributed by atoms with Crippen LogP contribution in [0.25, 0.3) is 11.1 Å². The van der Waals surface area contributed by atoms with Crippen LogP contribution >= 0.6 is 15.9 Å². The van der Waals surface area contributed by atoms with Crippen LogP contribution in [0.5, 0.6) is 17.4 Å². The van der Waals surface area contributed by atoms with E-state index in [1.165, 1.54) is 18.3 Å². The number of nitrogens with one attached hydrogen (secondary N) is 1. The second kappa shape index (κ2) is 17.4. The van der Waals surface area contributed by atoms with E-state index >= 15 is 0 Å². The number of anilines is 2. The molecule has 1 fully saturated rings. The maximum Gasteiger partial charge on any atom is 0.416 e. The van der Waals surface area contributed by atoms with Gasteiger partial charge in [0, 0.05) is 47.0 Å². The average Bonchev–Trinajstić information content (AvgIpc) is 3.11. The van der Waals surface area contributed by atoms with Gasteiger partial charge in [-0.1, -0.05) is 22.0 Å². The van der Waals surface area contributed by atoms with Crippen LogP contribution in [0, 0.1) is 6.92 Å². The number of ether oxygens (including phenoxy) is 5. The number of benzene rings is 2. The van der Waals surface area contributed by atoms with Gasteiger partial charge in [0.25, 0.3) is 5.91 Å². The molecule has 0 unspecified atom stereocenters. The van der Waals surface area contributed by atoms with E-state index in [1.54, 1.807) is 24.4 Å². The van der Waals surface area contributed by atoms with Gasteiger partial charge in [-0.05, 0) is 61.5 Å². The van der Waals surface area contributed by atoms with E-state index in [2.05, 4.69) is 36.1 Å². The van der Waals surface area contributed by atoms with Crippen LogP contribution in [-0.2, 0) is 20.4 Å². The molecule has 49 heavy (non-hydrogen) atoms. The van der Waals surface area contributed by atoms with Crippen LogP contribution in [0.1, 0.15) is 21.6 Å². The summed E-state index contributed by atoms with van der Waals surface area (Å²) in [5, 5.41) is 3.46. The maximum atomic E-state index is 13.2. The van der Waals surface area contributed by atoms with Crippen molar-refractivity contribution in [1.29, 1.82) is 0 Å². The summed E-state index contributed by atoms with van der Waals surface area (Å²) >= 11 is 3.31. The normalized spacial score (nSPS) is 13.3. The Balaban J connectivity index is 1.29. The molecule has 1 N–H and O–H groups in total. The highest BCUT2D eigenvalue weighted by atomic mass is 79.9. The van der Waals surface area contributed by atoms with Crippen LogP contribution in [0.2, 0.25) is 0 Å². The SMILES string of the molecule is Cc1ncc(NC(=O)c2cccc(C(F)(F)F)c2)cc1-c1cnc(Oc2ccc(OCCOCCOCCBr)cc2)c(N2CCOCC2)c1. The van der Waals surface area contributed by atoms with E-state index in [-0.39, 0.29) is 5.56 Å². The van der Waals surface area contributed by atoms with Gasteiger partial charge < -0.3 is 33.9 Å². The predicted molar refractivity (Wildman–Crippen MR) is 182 cm³/mol. The number of pyridine rings is 2. The van der Waals surface area contributed by atoms with Crippen molar-refractivity contribution in [1.82, 2.24) is 9.97 Å². The second-order valence-corrected chi connectivity index (χ2v) is 11.7. The minimum absolute atomic E-state index is 0.120. The van der Waals surface area contributed by atoms with Gasteiger partial charge in [0.05, 0.1) is 57.1 Å². The standard InChI is InChI=1S/C35H36BrF3N4O6/c1-24-31(21-28(23-40-24)42-33(44)25-3-2-4-27(19-25)35(37,38)39)26-20-32(43-10-13-46-14-11-43)34(41-22-26)49-30-7-5-29(6-8-30)48-18-17-47-16-15-45-12-9-36/h2-8,19-23H,9-18H2,1H3,(H,42,44). The van der Waals surface area contributed by atoms with E-state index < -0.39 is 17.6 Å². The minimum atomic E-state index is -4.56. The molecule has 3 heterocycles. The first kappa shape index (κ1) is 36.1. The van der Waals surface area contributed by atoms with Gasteiger partial charge in [0.1, 0.15) is 23.8 Å². The lowest BCUT2D eigenvalue weighted by Crippen LogP contribution is -2.36. The highest BCUT2D eigenvalue weighted by molar-refractivity contribution is 9.09. The molecular formula is C35H36BrF3N4O6. The van der Waals surface area contributed by atoms with Crippen LogP contribution in [-0.4, -0.2) is 80.5 Å². The Hall–Kier alpha value is -4.24. The molecule has 2 aromatic heterocycles. The molecule has 4 aromatic rings. The molecule has 1 saturated heterocycles. The second-order valence-electron chi connectivity index (χ2n) is 10.9. The number of hydrogen-bond acceptors (Lipinski definition) is 9. The molecule has 0 radical (unpaired) electrons. The number of amides is 1. The summed E-state index contributed by atoms with van der Waals surface area (Å²) in [6, 6.07) is 15.1. The summed E-state index contributed by atoms with van der Waals surface area (Å²) in [4.78, 5) is 24.1. The number of hydrogen-bond donors (Lipinski definition) is 1. The molecule has 0 aliphatic carbocycles. The Bertz CT molecular complexity index is 1690. The van der Waals surface area contributed by atoms with Crippen molar-refractivity contribution in [3.05, 3.63) is 89.9 Å². The minimum Gasteiger partial charge on any atom is -0.491 e. The van der Waals surface area contributed by atoms with Crippen LogP contribution < -0.4 is 19.7 Å².